The maximum Gasteiger partial charge on any atom is 0.318 e. The van der Waals surface area contributed by atoms with E-state index in [2.05, 4.69) is 10.3 Å². The first-order valence-corrected chi connectivity index (χ1v) is 4.15. The molecule has 0 aromatic carbocycles. The molecule has 0 saturated carbocycles. The van der Waals surface area contributed by atoms with Gasteiger partial charge in [-0.05, 0) is 19.4 Å². The quantitative estimate of drug-likeness (QED) is 0.475. The Labute approximate surface area is 70.8 Å². The largest absolute Gasteiger partial charge is 0.711 e. The molecule has 2 rings (SSSR count). The lowest BCUT2D eigenvalue weighted by Crippen LogP contribution is -2.36. The summed E-state index contributed by atoms with van der Waals surface area (Å²) in [4.78, 5) is 4.05. The first-order chi connectivity index (χ1) is 5.88. The third kappa shape index (κ3) is 1.25. The summed E-state index contributed by atoms with van der Waals surface area (Å²) in [6, 6.07) is 1.80. The average Bonchev–Trinajstić information content (AvgIpc) is 2.57. The molecule has 0 amide bonds. The van der Waals surface area contributed by atoms with Gasteiger partial charge < -0.3 is 10.5 Å². The van der Waals surface area contributed by atoms with Crippen molar-refractivity contribution in [2.24, 2.45) is 0 Å². The standard InChI is InChI=1S/C8H11N3O/c12-11-6-2-5-10-8(11)7-3-1-4-9-7/h2,5-7,9H,1,3-4H2. The monoisotopic (exact) mass is 165 g/mol. The Hall–Kier alpha value is -1.16. The molecule has 1 unspecified atom stereocenters. The van der Waals surface area contributed by atoms with Gasteiger partial charge in [0.25, 0.3) is 0 Å². The zero-order chi connectivity index (χ0) is 8.39. The Morgan fingerprint density at radius 3 is 3.25 bits per heavy atom. The molecule has 0 radical (unpaired) electrons. The normalized spacial score (nSPS) is 22.8. The van der Waals surface area contributed by atoms with Crippen molar-refractivity contribution in [3.05, 3.63) is 29.5 Å². The van der Waals surface area contributed by atoms with E-state index in [0.29, 0.717) is 5.82 Å². The van der Waals surface area contributed by atoms with Gasteiger partial charge in [0.2, 0.25) is 0 Å². The van der Waals surface area contributed by atoms with Crippen LogP contribution in [0.3, 0.4) is 0 Å². The lowest BCUT2D eigenvalue weighted by atomic mass is 10.2. The molecule has 1 fully saturated rings. The molecule has 1 aromatic rings. The molecule has 0 aliphatic carbocycles. The van der Waals surface area contributed by atoms with Gasteiger partial charge >= 0.3 is 5.82 Å². The van der Waals surface area contributed by atoms with E-state index < -0.39 is 0 Å². The van der Waals surface area contributed by atoms with Crippen LogP contribution in [0.2, 0.25) is 0 Å². The van der Waals surface area contributed by atoms with E-state index in [9.17, 15) is 5.21 Å². The summed E-state index contributed by atoms with van der Waals surface area (Å²) in [6.07, 6.45) is 5.28. The zero-order valence-electron chi connectivity index (χ0n) is 6.73. The van der Waals surface area contributed by atoms with Gasteiger partial charge in [-0.1, -0.05) is 4.98 Å². The Morgan fingerprint density at radius 1 is 1.67 bits per heavy atom. The highest BCUT2D eigenvalue weighted by atomic mass is 16.5. The summed E-state index contributed by atoms with van der Waals surface area (Å²) in [5, 5.41) is 14.5. The summed E-state index contributed by atoms with van der Waals surface area (Å²) < 4.78 is 0.836. The number of hydrogen-bond donors (Lipinski definition) is 1. The number of nitrogens with zero attached hydrogens (tertiary/aromatic N) is 2. The van der Waals surface area contributed by atoms with Crippen molar-refractivity contribution in [2.75, 3.05) is 6.54 Å². The minimum Gasteiger partial charge on any atom is -0.711 e. The fourth-order valence-corrected chi connectivity index (χ4v) is 1.52. The van der Waals surface area contributed by atoms with Crippen LogP contribution in [0.1, 0.15) is 24.7 Å². The van der Waals surface area contributed by atoms with Crippen molar-refractivity contribution in [1.82, 2.24) is 10.3 Å². The van der Waals surface area contributed by atoms with Crippen molar-refractivity contribution in [3.8, 4) is 0 Å². The van der Waals surface area contributed by atoms with Crippen LogP contribution >= 0.6 is 0 Å². The van der Waals surface area contributed by atoms with Gasteiger partial charge in [-0.2, -0.15) is 0 Å². The van der Waals surface area contributed by atoms with Crippen molar-refractivity contribution in [1.29, 1.82) is 0 Å². The van der Waals surface area contributed by atoms with Gasteiger partial charge in [-0.25, -0.2) is 4.73 Å². The Morgan fingerprint density at radius 2 is 2.58 bits per heavy atom. The number of rotatable bonds is 1. The van der Waals surface area contributed by atoms with Gasteiger partial charge in [0.1, 0.15) is 12.2 Å². The third-order valence-electron chi connectivity index (χ3n) is 2.11. The van der Waals surface area contributed by atoms with Crippen LogP contribution in [0.15, 0.2) is 18.5 Å². The summed E-state index contributed by atoms with van der Waals surface area (Å²) in [5.41, 5.74) is 0. The molecule has 0 bridgehead atoms. The van der Waals surface area contributed by atoms with Crippen LogP contribution in [-0.2, 0) is 0 Å². The van der Waals surface area contributed by atoms with E-state index in [-0.39, 0.29) is 6.04 Å². The number of hydrogen-bond acceptors (Lipinski definition) is 3. The minimum atomic E-state index is 0.156. The minimum absolute atomic E-state index is 0.156. The molecule has 12 heavy (non-hydrogen) atoms. The van der Waals surface area contributed by atoms with Crippen LogP contribution in [0, 0.1) is 5.21 Å². The molecule has 1 saturated heterocycles. The predicted molar refractivity (Wildman–Crippen MR) is 43.2 cm³/mol. The van der Waals surface area contributed by atoms with Crippen LogP contribution < -0.4 is 10.0 Å². The lowest BCUT2D eigenvalue weighted by molar-refractivity contribution is -0.619. The van der Waals surface area contributed by atoms with Gasteiger partial charge in [-0.3, -0.25) is 0 Å². The molecule has 2 heterocycles. The molecular formula is C8H11N3O. The van der Waals surface area contributed by atoms with Crippen molar-refractivity contribution < 1.29 is 4.73 Å². The molecule has 1 atom stereocenters. The highest BCUT2D eigenvalue weighted by Gasteiger charge is 2.24. The summed E-state index contributed by atoms with van der Waals surface area (Å²) >= 11 is 0. The van der Waals surface area contributed by atoms with E-state index in [0.717, 1.165) is 24.1 Å². The molecule has 1 aliphatic rings. The second kappa shape index (κ2) is 3.06. The summed E-state index contributed by atoms with van der Waals surface area (Å²) in [5.74, 6) is 0.593. The molecule has 1 N–H and O–H groups in total. The molecule has 1 aliphatic heterocycles. The Kier molecular flexibility index (Phi) is 1.91. The SMILES string of the molecule is [O-][n+]1cccnc1C1CCCN1. The molecule has 0 spiro atoms. The van der Waals surface area contributed by atoms with Gasteiger partial charge in [-0.15, -0.1) is 0 Å². The fraction of sp³-hybridized carbons (Fsp3) is 0.500. The zero-order valence-corrected chi connectivity index (χ0v) is 6.73. The fourth-order valence-electron chi connectivity index (χ4n) is 1.52. The lowest BCUT2D eigenvalue weighted by Gasteiger charge is -2.09. The molecule has 1 aromatic heterocycles. The highest BCUT2D eigenvalue weighted by molar-refractivity contribution is 4.92. The molecule has 4 heteroatoms. The first kappa shape index (κ1) is 7.49. The van der Waals surface area contributed by atoms with E-state index in [1.54, 1.807) is 12.3 Å². The Bertz CT molecular complexity index is 271. The van der Waals surface area contributed by atoms with Crippen molar-refractivity contribution in [3.63, 3.8) is 0 Å². The third-order valence-corrected chi connectivity index (χ3v) is 2.11. The Balaban J connectivity index is 2.26. The van der Waals surface area contributed by atoms with Gasteiger partial charge in [0.05, 0.1) is 6.20 Å². The topological polar surface area (TPSA) is 51.9 Å². The first-order valence-electron chi connectivity index (χ1n) is 4.15. The van der Waals surface area contributed by atoms with E-state index in [1.807, 2.05) is 0 Å². The van der Waals surface area contributed by atoms with Crippen molar-refractivity contribution >= 4 is 0 Å². The molecule has 64 valence electrons. The van der Waals surface area contributed by atoms with Gasteiger partial charge in [0, 0.05) is 6.07 Å². The second-order valence-electron chi connectivity index (χ2n) is 2.95. The molecule has 4 nitrogen and oxygen atoms in total. The van der Waals surface area contributed by atoms with Crippen molar-refractivity contribution in [2.45, 2.75) is 18.9 Å². The van der Waals surface area contributed by atoms with E-state index in [4.69, 9.17) is 0 Å². The highest BCUT2D eigenvalue weighted by Crippen LogP contribution is 2.17. The van der Waals surface area contributed by atoms with Crippen LogP contribution in [0.5, 0.6) is 0 Å². The summed E-state index contributed by atoms with van der Waals surface area (Å²) in [6.45, 7) is 0.987. The number of nitrogens with one attached hydrogen (secondary N) is 1. The smallest absolute Gasteiger partial charge is 0.318 e. The van der Waals surface area contributed by atoms with E-state index in [1.165, 1.54) is 6.20 Å². The second-order valence-corrected chi connectivity index (χ2v) is 2.95. The predicted octanol–water partition coefficient (Wildman–Crippen LogP) is 0.140. The average molecular weight is 165 g/mol. The van der Waals surface area contributed by atoms with Crippen LogP contribution in [-0.4, -0.2) is 11.5 Å². The maximum absolute atomic E-state index is 11.2. The number of aromatic nitrogens is 2. The van der Waals surface area contributed by atoms with Crippen LogP contribution in [0.25, 0.3) is 0 Å². The van der Waals surface area contributed by atoms with Gasteiger partial charge in [0.15, 0.2) is 0 Å². The van der Waals surface area contributed by atoms with Crippen LogP contribution in [0.4, 0.5) is 0 Å². The van der Waals surface area contributed by atoms with E-state index >= 15 is 0 Å². The molecular weight excluding hydrogens is 154 g/mol. The summed E-state index contributed by atoms with van der Waals surface area (Å²) in [7, 11) is 0. The maximum atomic E-state index is 11.2.